The second kappa shape index (κ2) is 8.76. The van der Waals surface area contributed by atoms with Gasteiger partial charge in [-0.2, -0.15) is 0 Å². The van der Waals surface area contributed by atoms with Crippen molar-refractivity contribution in [3.05, 3.63) is 29.8 Å². The summed E-state index contributed by atoms with van der Waals surface area (Å²) in [5, 5.41) is 2.93. The molecule has 1 amide bonds. The molecule has 0 spiro atoms. The fourth-order valence-corrected chi connectivity index (χ4v) is 1.97. The fraction of sp³-hybridized carbons (Fsp3) is 0.588. The summed E-state index contributed by atoms with van der Waals surface area (Å²) in [4.78, 5) is 14.4. The van der Waals surface area contributed by atoms with Crippen molar-refractivity contribution in [2.75, 3.05) is 33.8 Å². The van der Waals surface area contributed by atoms with Crippen molar-refractivity contribution < 1.29 is 9.53 Å². The van der Waals surface area contributed by atoms with Crippen molar-refractivity contribution in [2.45, 2.75) is 32.2 Å². The van der Waals surface area contributed by atoms with Gasteiger partial charge in [-0.15, -0.1) is 0 Å². The van der Waals surface area contributed by atoms with Crippen LogP contribution in [-0.4, -0.2) is 50.1 Å². The van der Waals surface area contributed by atoms with Crippen molar-refractivity contribution in [1.82, 2.24) is 10.2 Å². The number of carbonyl (C=O) groups excluding carboxylic acids is 1. The molecule has 0 aliphatic heterocycles. The topological polar surface area (TPSA) is 67.6 Å². The number of benzene rings is 1. The normalized spacial score (nSPS) is 11.5. The molecule has 0 bridgehead atoms. The molecule has 0 atom stereocenters. The van der Waals surface area contributed by atoms with Crippen molar-refractivity contribution in [1.29, 1.82) is 0 Å². The Morgan fingerprint density at radius 2 is 1.91 bits per heavy atom. The number of ether oxygens (including phenoxy) is 1. The van der Waals surface area contributed by atoms with Crippen LogP contribution in [-0.2, 0) is 0 Å². The van der Waals surface area contributed by atoms with Gasteiger partial charge in [-0.05, 0) is 39.1 Å². The van der Waals surface area contributed by atoms with Crippen LogP contribution in [0.1, 0.15) is 37.0 Å². The van der Waals surface area contributed by atoms with Gasteiger partial charge in [0.15, 0.2) is 0 Å². The molecule has 1 rings (SSSR count). The summed E-state index contributed by atoms with van der Waals surface area (Å²) in [6, 6.07) is 7.30. The number of para-hydroxylation sites is 1. The van der Waals surface area contributed by atoms with Gasteiger partial charge in [0.25, 0.3) is 5.91 Å². The fourth-order valence-electron chi connectivity index (χ4n) is 1.97. The standard InChI is InChI=1S/C17H29N3O2/c1-5-17(18,6-2)13-19-16(21)14-9-7-8-10-15(14)22-12-11-20(3)4/h7-10H,5-6,11-13,18H2,1-4H3,(H,19,21). The van der Waals surface area contributed by atoms with Gasteiger partial charge in [0.05, 0.1) is 5.56 Å². The van der Waals surface area contributed by atoms with Gasteiger partial charge >= 0.3 is 0 Å². The molecule has 0 radical (unpaired) electrons. The van der Waals surface area contributed by atoms with Crippen LogP contribution in [0.5, 0.6) is 5.75 Å². The summed E-state index contributed by atoms with van der Waals surface area (Å²) in [6.45, 7) is 5.88. The molecule has 0 aliphatic rings. The molecule has 3 N–H and O–H groups in total. The predicted octanol–water partition coefficient (Wildman–Crippen LogP) is 1.87. The Bertz CT molecular complexity index is 471. The van der Waals surface area contributed by atoms with E-state index in [1.54, 1.807) is 6.07 Å². The number of carbonyl (C=O) groups is 1. The van der Waals surface area contributed by atoms with Crippen LogP contribution in [0.15, 0.2) is 24.3 Å². The van der Waals surface area contributed by atoms with Gasteiger partial charge in [0, 0.05) is 18.6 Å². The summed E-state index contributed by atoms with van der Waals surface area (Å²) < 4.78 is 5.72. The predicted molar refractivity (Wildman–Crippen MR) is 90.3 cm³/mol. The van der Waals surface area contributed by atoms with Crippen LogP contribution < -0.4 is 15.8 Å². The molecule has 0 unspecified atom stereocenters. The Morgan fingerprint density at radius 1 is 1.27 bits per heavy atom. The molecule has 1 aromatic carbocycles. The Balaban J connectivity index is 2.68. The van der Waals surface area contributed by atoms with Crippen molar-refractivity contribution in [2.24, 2.45) is 5.73 Å². The van der Waals surface area contributed by atoms with E-state index in [0.29, 0.717) is 24.5 Å². The van der Waals surface area contributed by atoms with E-state index in [4.69, 9.17) is 10.5 Å². The molecule has 0 heterocycles. The summed E-state index contributed by atoms with van der Waals surface area (Å²) in [5.74, 6) is 0.467. The molecular formula is C17H29N3O2. The number of nitrogens with zero attached hydrogens (tertiary/aromatic N) is 1. The van der Waals surface area contributed by atoms with Gasteiger partial charge in [-0.25, -0.2) is 0 Å². The Labute approximate surface area is 133 Å². The number of rotatable bonds is 9. The Morgan fingerprint density at radius 3 is 2.50 bits per heavy atom. The molecule has 5 nitrogen and oxygen atoms in total. The molecule has 1 aromatic rings. The Kier molecular flexibility index (Phi) is 7.35. The van der Waals surface area contributed by atoms with E-state index in [-0.39, 0.29) is 11.4 Å². The number of nitrogens with one attached hydrogen (secondary N) is 1. The van der Waals surface area contributed by atoms with E-state index < -0.39 is 0 Å². The highest BCUT2D eigenvalue weighted by Gasteiger charge is 2.22. The highest BCUT2D eigenvalue weighted by molar-refractivity contribution is 5.96. The van der Waals surface area contributed by atoms with Crippen LogP contribution in [0.4, 0.5) is 0 Å². The highest BCUT2D eigenvalue weighted by atomic mass is 16.5. The van der Waals surface area contributed by atoms with Gasteiger partial charge in [0.2, 0.25) is 0 Å². The molecule has 0 fully saturated rings. The lowest BCUT2D eigenvalue weighted by atomic mass is 9.94. The minimum Gasteiger partial charge on any atom is -0.491 e. The van der Waals surface area contributed by atoms with Crippen LogP contribution in [0, 0.1) is 0 Å². The average molecular weight is 307 g/mol. The first-order valence-corrected chi connectivity index (χ1v) is 7.85. The van der Waals surface area contributed by atoms with Crippen molar-refractivity contribution in [3.8, 4) is 5.75 Å². The number of amides is 1. The minimum atomic E-state index is -0.351. The van der Waals surface area contributed by atoms with Gasteiger partial charge in [0.1, 0.15) is 12.4 Å². The smallest absolute Gasteiger partial charge is 0.255 e. The van der Waals surface area contributed by atoms with E-state index in [0.717, 1.165) is 19.4 Å². The molecule has 0 saturated carbocycles. The molecule has 0 aliphatic carbocycles. The zero-order chi connectivity index (χ0) is 16.6. The van der Waals surface area contributed by atoms with E-state index in [1.807, 2.05) is 51.0 Å². The minimum absolute atomic E-state index is 0.142. The maximum Gasteiger partial charge on any atom is 0.255 e. The molecule has 0 aromatic heterocycles. The van der Waals surface area contributed by atoms with Crippen LogP contribution in [0.25, 0.3) is 0 Å². The molecule has 0 saturated heterocycles. The van der Waals surface area contributed by atoms with Gasteiger partial charge in [-0.1, -0.05) is 26.0 Å². The zero-order valence-corrected chi connectivity index (χ0v) is 14.2. The monoisotopic (exact) mass is 307 g/mol. The first-order valence-electron chi connectivity index (χ1n) is 7.85. The molecule has 22 heavy (non-hydrogen) atoms. The van der Waals surface area contributed by atoms with E-state index in [1.165, 1.54) is 0 Å². The zero-order valence-electron chi connectivity index (χ0n) is 14.2. The molecule has 124 valence electrons. The second-order valence-corrected chi connectivity index (χ2v) is 5.90. The van der Waals surface area contributed by atoms with Crippen LogP contribution in [0.2, 0.25) is 0 Å². The maximum absolute atomic E-state index is 12.4. The van der Waals surface area contributed by atoms with E-state index >= 15 is 0 Å². The molecule has 5 heteroatoms. The largest absolute Gasteiger partial charge is 0.491 e. The molecular weight excluding hydrogens is 278 g/mol. The lowest BCUT2D eigenvalue weighted by Crippen LogP contribution is -2.49. The third-order valence-corrected chi connectivity index (χ3v) is 3.94. The SMILES string of the molecule is CCC(N)(CC)CNC(=O)c1ccccc1OCCN(C)C. The number of hydrogen-bond donors (Lipinski definition) is 2. The number of nitrogens with two attached hydrogens (primary N) is 1. The van der Waals surface area contributed by atoms with Gasteiger partial charge in [-0.3, -0.25) is 4.79 Å². The van der Waals surface area contributed by atoms with Crippen molar-refractivity contribution in [3.63, 3.8) is 0 Å². The van der Waals surface area contributed by atoms with Crippen molar-refractivity contribution >= 4 is 5.91 Å². The Hall–Kier alpha value is -1.59. The lowest BCUT2D eigenvalue weighted by molar-refractivity contribution is 0.0937. The van der Waals surface area contributed by atoms with Gasteiger partial charge < -0.3 is 20.7 Å². The summed E-state index contributed by atoms with van der Waals surface area (Å²) in [6.07, 6.45) is 1.65. The van der Waals surface area contributed by atoms with E-state index in [9.17, 15) is 4.79 Å². The quantitative estimate of drug-likeness (QED) is 0.731. The third-order valence-electron chi connectivity index (χ3n) is 3.94. The van der Waals surface area contributed by atoms with Crippen LogP contribution >= 0.6 is 0 Å². The third kappa shape index (κ3) is 5.66. The maximum atomic E-state index is 12.4. The average Bonchev–Trinajstić information content (AvgIpc) is 2.52. The van der Waals surface area contributed by atoms with E-state index in [2.05, 4.69) is 5.32 Å². The number of hydrogen-bond acceptors (Lipinski definition) is 4. The van der Waals surface area contributed by atoms with Crippen LogP contribution in [0.3, 0.4) is 0 Å². The first kappa shape index (κ1) is 18.5. The first-order chi connectivity index (χ1) is 10.4. The highest BCUT2D eigenvalue weighted by Crippen LogP contribution is 2.18. The summed E-state index contributed by atoms with van der Waals surface area (Å²) in [5.41, 5.74) is 6.42. The number of likely N-dealkylation sites (N-methyl/N-ethyl adjacent to an activating group) is 1. The lowest BCUT2D eigenvalue weighted by Gasteiger charge is -2.27. The summed E-state index contributed by atoms with van der Waals surface area (Å²) >= 11 is 0. The second-order valence-electron chi connectivity index (χ2n) is 5.90. The summed E-state index contributed by atoms with van der Waals surface area (Å²) in [7, 11) is 3.97.